The number of rotatable bonds is 4. The third-order valence-electron chi connectivity index (χ3n) is 4.94. The quantitative estimate of drug-likeness (QED) is 0.503. The summed E-state index contributed by atoms with van der Waals surface area (Å²) in [6.45, 7) is -0.0444. The molecule has 0 unspecified atom stereocenters. The van der Waals surface area contributed by atoms with Crippen LogP contribution >= 0.6 is 0 Å². The van der Waals surface area contributed by atoms with E-state index in [1.54, 1.807) is 36.4 Å². The molecule has 2 aromatic rings. The van der Waals surface area contributed by atoms with E-state index < -0.39 is 6.97 Å². The van der Waals surface area contributed by atoms with Gasteiger partial charge in [-0.05, 0) is 29.3 Å². The van der Waals surface area contributed by atoms with E-state index in [1.807, 2.05) is 62.4 Å². The van der Waals surface area contributed by atoms with Gasteiger partial charge < -0.3 is 17.6 Å². The van der Waals surface area contributed by atoms with Gasteiger partial charge in [-0.2, -0.15) is 0 Å². The summed E-state index contributed by atoms with van der Waals surface area (Å²) in [5, 5.41) is 0. The van der Waals surface area contributed by atoms with Gasteiger partial charge in [0.25, 0.3) is 0 Å². The highest BCUT2D eigenvalue weighted by Crippen LogP contribution is 2.34. The standard InChI is InChI=1S/C22H21BF2N2/c1-17(2)22-15-14-21-16-20-13-12-19(26(20)23(24,25)27(21)22)11-7-6-10-18-8-4-3-5-9-18/h3-17H,1-2H3/b10-6+,11-7+. The summed E-state index contributed by atoms with van der Waals surface area (Å²) in [6.07, 6.45) is 12.7. The lowest BCUT2D eigenvalue weighted by Gasteiger charge is -2.31. The smallest absolute Gasteiger partial charge is 0.394 e. The SMILES string of the molecule is CC(C)c1ccc2n1[B-](F)(F)[N+]1=C(/C=C/C=C/c3ccccc3)C=CC1=C2. The molecule has 0 saturated carbocycles. The first kappa shape index (κ1) is 17.5. The van der Waals surface area contributed by atoms with E-state index >= 15 is 8.63 Å². The molecule has 1 aromatic heterocycles. The molecule has 5 heteroatoms. The first-order chi connectivity index (χ1) is 13.0. The molecule has 0 atom stereocenters. The van der Waals surface area contributed by atoms with Crippen LogP contribution in [-0.2, 0) is 0 Å². The minimum atomic E-state index is -3.92. The molecular formula is C22H21BF2N2. The predicted octanol–water partition coefficient (Wildman–Crippen LogP) is 5.48. The molecule has 4 rings (SSSR count). The van der Waals surface area contributed by atoms with E-state index in [0.29, 0.717) is 22.8 Å². The zero-order valence-electron chi connectivity index (χ0n) is 15.4. The monoisotopic (exact) mass is 362 g/mol. The van der Waals surface area contributed by atoms with Gasteiger partial charge in [-0.15, -0.1) is 0 Å². The zero-order chi connectivity index (χ0) is 19.0. The molecule has 0 radical (unpaired) electrons. The van der Waals surface area contributed by atoms with Crippen LogP contribution in [0.25, 0.3) is 12.2 Å². The van der Waals surface area contributed by atoms with Crippen molar-refractivity contribution in [3.05, 3.63) is 95.5 Å². The third kappa shape index (κ3) is 3.03. The summed E-state index contributed by atoms with van der Waals surface area (Å²) in [6, 6.07) is 13.5. The summed E-state index contributed by atoms with van der Waals surface area (Å²) in [5.41, 5.74) is 3.32. The summed E-state index contributed by atoms with van der Waals surface area (Å²) < 4.78 is 33.2. The highest BCUT2D eigenvalue weighted by atomic mass is 19.2. The summed E-state index contributed by atoms with van der Waals surface area (Å²) in [4.78, 5) is 0. The van der Waals surface area contributed by atoms with Crippen molar-refractivity contribution in [1.29, 1.82) is 0 Å². The Kier molecular flexibility index (Phi) is 4.30. The molecule has 2 aliphatic heterocycles. The number of halogens is 2. The third-order valence-corrected chi connectivity index (χ3v) is 4.94. The van der Waals surface area contributed by atoms with E-state index in [4.69, 9.17) is 0 Å². The van der Waals surface area contributed by atoms with E-state index in [9.17, 15) is 0 Å². The highest BCUT2D eigenvalue weighted by Gasteiger charge is 2.52. The predicted molar refractivity (Wildman–Crippen MR) is 109 cm³/mol. The van der Waals surface area contributed by atoms with Crippen molar-refractivity contribution in [1.82, 2.24) is 4.48 Å². The number of fused-ring (bicyclic) bond motifs is 2. The van der Waals surface area contributed by atoms with Gasteiger partial charge in [0.05, 0.1) is 0 Å². The Bertz CT molecular complexity index is 1020. The lowest BCUT2D eigenvalue weighted by Crippen LogP contribution is -2.50. The second-order valence-corrected chi connectivity index (χ2v) is 7.12. The van der Waals surface area contributed by atoms with Gasteiger partial charge in [0, 0.05) is 30.0 Å². The Labute approximate surface area is 158 Å². The molecular weight excluding hydrogens is 341 g/mol. The lowest BCUT2D eigenvalue weighted by atomic mass is 9.89. The van der Waals surface area contributed by atoms with Crippen molar-refractivity contribution in [2.45, 2.75) is 19.8 Å². The minimum absolute atomic E-state index is 0.0322. The van der Waals surface area contributed by atoms with E-state index in [2.05, 4.69) is 0 Å². The Morgan fingerprint density at radius 1 is 0.963 bits per heavy atom. The maximum atomic E-state index is 15.4. The fraction of sp³-hybridized carbons (Fsp3) is 0.136. The van der Waals surface area contributed by atoms with Crippen LogP contribution < -0.4 is 0 Å². The molecule has 0 spiro atoms. The summed E-state index contributed by atoms with van der Waals surface area (Å²) in [7, 11) is 0. The molecule has 0 aliphatic carbocycles. The second-order valence-electron chi connectivity index (χ2n) is 7.12. The maximum absolute atomic E-state index is 15.4. The Balaban J connectivity index is 1.69. The lowest BCUT2D eigenvalue weighted by molar-refractivity contribution is -0.360. The van der Waals surface area contributed by atoms with Crippen LogP contribution in [0.1, 0.15) is 36.7 Å². The Hall–Kier alpha value is -2.95. The zero-order valence-corrected chi connectivity index (χ0v) is 15.4. The van der Waals surface area contributed by atoms with Crippen LogP contribution in [0.4, 0.5) is 8.63 Å². The second kappa shape index (κ2) is 6.65. The number of hydrogen-bond acceptors (Lipinski definition) is 0. The fourth-order valence-corrected chi connectivity index (χ4v) is 3.67. The molecule has 0 bridgehead atoms. The van der Waals surface area contributed by atoms with Crippen LogP contribution in [-0.4, -0.2) is 21.6 Å². The fourth-order valence-electron chi connectivity index (χ4n) is 3.67. The first-order valence-corrected chi connectivity index (χ1v) is 9.18. The van der Waals surface area contributed by atoms with Crippen LogP contribution in [0, 0.1) is 0 Å². The van der Waals surface area contributed by atoms with Gasteiger partial charge in [-0.3, -0.25) is 0 Å². The van der Waals surface area contributed by atoms with E-state index in [1.165, 1.54) is 4.48 Å². The van der Waals surface area contributed by atoms with Crippen molar-refractivity contribution in [3.8, 4) is 0 Å². The molecule has 0 fully saturated rings. The number of benzene rings is 1. The minimum Gasteiger partial charge on any atom is -0.394 e. The molecule has 0 N–H and O–H groups in total. The van der Waals surface area contributed by atoms with Crippen LogP contribution in [0.2, 0.25) is 0 Å². The summed E-state index contributed by atoms with van der Waals surface area (Å²) in [5.74, 6) is 0.0322. The van der Waals surface area contributed by atoms with Gasteiger partial charge in [-0.1, -0.05) is 62.4 Å². The van der Waals surface area contributed by atoms with Gasteiger partial charge >= 0.3 is 6.97 Å². The molecule has 2 nitrogen and oxygen atoms in total. The largest absolute Gasteiger partial charge is 0.737 e. The average Bonchev–Trinajstić information content (AvgIpc) is 3.25. The van der Waals surface area contributed by atoms with Gasteiger partial charge in [-0.25, -0.2) is 0 Å². The highest BCUT2D eigenvalue weighted by molar-refractivity contribution is 6.58. The molecule has 3 heterocycles. The molecule has 2 aliphatic rings. The number of aromatic nitrogens is 1. The molecule has 27 heavy (non-hydrogen) atoms. The van der Waals surface area contributed by atoms with Crippen molar-refractivity contribution in [2.24, 2.45) is 0 Å². The van der Waals surface area contributed by atoms with E-state index in [-0.39, 0.29) is 5.92 Å². The topological polar surface area (TPSA) is 7.94 Å². The molecule has 0 saturated heterocycles. The number of hydrogen-bond donors (Lipinski definition) is 0. The maximum Gasteiger partial charge on any atom is 0.737 e. The van der Waals surface area contributed by atoms with Gasteiger partial charge in [0.2, 0.25) is 0 Å². The van der Waals surface area contributed by atoms with Crippen molar-refractivity contribution < 1.29 is 13.1 Å². The van der Waals surface area contributed by atoms with E-state index in [0.717, 1.165) is 10.0 Å². The van der Waals surface area contributed by atoms with Crippen LogP contribution in [0.3, 0.4) is 0 Å². The number of allylic oxidation sites excluding steroid dienone is 5. The first-order valence-electron chi connectivity index (χ1n) is 9.18. The average molecular weight is 362 g/mol. The van der Waals surface area contributed by atoms with Crippen molar-refractivity contribution in [3.63, 3.8) is 0 Å². The van der Waals surface area contributed by atoms with Gasteiger partial charge in [0.1, 0.15) is 0 Å². The van der Waals surface area contributed by atoms with Crippen molar-refractivity contribution >= 4 is 24.8 Å². The van der Waals surface area contributed by atoms with Crippen LogP contribution in [0.5, 0.6) is 0 Å². The van der Waals surface area contributed by atoms with Crippen molar-refractivity contribution in [2.75, 3.05) is 0 Å². The Morgan fingerprint density at radius 3 is 2.44 bits per heavy atom. The normalized spacial score (nSPS) is 17.9. The molecule has 1 aromatic carbocycles. The summed E-state index contributed by atoms with van der Waals surface area (Å²) >= 11 is 0. The van der Waals surface area contributed by atoms with Crippen LogP contribution in [0.15, 0.2) is 78.5 Å². The number of nitrogens with zero attached hydrogens (tertiary/aromatic N) is 2. The van der Waals surface area contributed by atoms with Gasteiger partial charge in [0.15, 0.2) is 11.4 Å². The Morgan fingerprint density at radius 2 is 1.70 bits per heavy atom. The molecule has 136 valence electrons. The molecule has 0 amide bonds.